The molecule has 5 nitrogen and oxygen atoms in total. The Bertz CT molecular complexity index is 632. The van der Waals surface area contributed by atoms with E-state index in [1.165, 1.54) is 0 Å². The van der Waals surface area contributed by atoms with Gasteiger partial charge in [0.15, 0.2) is 0 Å². The van der Waals surface area contributed by atoms with Gasteiger partial charge in [-0.2, -0.15) is 0 Å². The highest BCUT2D eigenvalue weighted by Crippen LogP contribution is 2.15. The minimum absolute atomic E-state index is 0.288. The van der Waals surface area contributed by atoms with Gasteiger partial charge in [0.05, 0.1) is 12.7 Å². The minimum atomic E-state index is -0.582. The summed E-state index contributed by atoms with van der Waals surface area (Å²) >= 11 is 0. The van der Waals surface area contributed by atoms with Crippen molar-refractivity contribution in [2.24, 2.45) is 0 Å². The van der Waals surface area contributed by atoms with Gasteiger partial charge in [-0.05, 0) is 36.6 Å². The number of hydrogen-bond acceptors (Lipinski definition) is 3. The molecule has 2 aromatic carbocycles. The molecule has 2 aromatic rings. The van der Waals surface area contributed by atoms with Crippen molar-refractivity contribution >= 4 is 11.7 Å². The molecule has 0 fully saturated rings. The van der Waals surface area contributed by atoms with Crippen LogP contribution in [0.5, 0.6) is 0 Å². The van der Waals surface area contributed by atoms with Gasteiger partial charge in [0.2, 0.25) is 0 Å². The summed E-state index contributed by atoms with van der Waals surface area (Å²) < 4.78 is 5.36. The van der Waals surface area contributed by atoms with Crippen LogP contribution in [0.3, 0.4) is 0 Å². The fourth-order valence-corrected chi connectivity index (χ4v) is 2.30. The van der Waals surface area contributed by atoms with Crippen molar-refractivity contribution in [3.63, 3.8) is 0 Å². The number of nitrogens with one attached hydrogen (secondary N) is 2. The summed E-state index contributed by atoms with van der Waals surface area (Å²) in [5.74, 6) is 0. The molecule has 0 radical (unpaired) electrons. The Morgan fingerprint density at radius 3 is 2.71 bits per heavy atom. The highest BCUT2D eigenvalue weighted by molar-refractivity contribution is 5.89. The smallest absolute Gasteiger partial charge is 0.319 e. The number of rotatable bonds is 8. The van der Waals surface area contributed by atoms with E-state index in [2.05, 4.69) is 10.6 Å². The number of ether oxygens (including phenoxy) is 1. The molecule has 3 N–H and O–H groups in total. The lowest BCUT2D eigenvalue weighted by atomic mass is 10.1. The van der Waals surface area contributed by atoms with Crippen LogP contribution in [0.15, 0.2) is 54.6 Å². The van der Waals surface area contributed by atoms with Crippen LogP contribution in [0.25, 0.3) is 0 Å². The Morgan fingerprint density at radius 2 is 1.96 bits per heavy atom. The Morgan fingerprint density at radius 1 is 1.17 bits per heavy atom. The number of aliphatic hydroxyl groups excluding tert-OH is 1. The lowest BCUT2D eigenvalue weighted by Crippen LogP contribution is -2.30. The zero-order valence-corrected chi connectivity index (χ0v) is 13.9. The van der Waals surface area contributed by atoms with Crippen LogP contribution in [-0.2, 0) is 11.3 Å². The molecular formula is C19H24N2O3. The van der Waals surface area contributed by atoms with E-state index >= 15 is 0 Å². The number of aliphatic hydroxyl groups is 1. The summed E-state index contributed by atoms with van der Waals surface area (Å²) in [5.41, 5.74) is 2.57. The van der Waals surface area contributed by atoms with Gasteiger partial charge in [0.25, 0.3) is 0 Å². The van der Waals surface area contributed by atoms with E-state index in [-0.39, 0.29) is 6.03 Å². The molecule has 24 heavy (non-hydrogen) atoms. The summed E-state index contributed by atoms with van der Waals surface area (Å²) in [5, 5.41) is 15.6. The van der Waals surface area contributed by atoms with Gasteiger partial charge in [-0.15, -0.1) is 0 Å². The highest BCUT2D eigenvalue weighted by Gasteiger charge is 2.08. The Hall–Kier alpha value is -2.37. The fourth-order valence-electron chi connectivity index (χ4n) is 2.30. The van der Waals surface area contributed by atoms with Gasteiger partial charge in [0, 0.05) is 18.8 Å². The van der Waals surface area contributed by atoms with Crippen molar-refractivity contribution in [1.82, 2.24) is 5.32 Å². The van der Waals surface area contributed by atoms with E-state index in [0.29, 0.717) is 31.9 Å². The van der Waals surface area contributed by atoms with Crippen LogP contribution < -0.4 is 10.6 Å². The second-order valence-electron chi connectivity index (χ2n) is 5.43. The quantitative estimate of drug-likeness (QED) is 0.695. The Balaban J connectivity index is 1.75. The summed E-state index contributed by atoms with van der Waals surface area (Å²) in [4.78, 5) is 11.9. The van der Waals surface area contributed by atoms with Gasteiger partial charge in [0.1, 0.15) is 0 Å². The zero-order chi connectivity index (χ0) is 17.2. The highest BCUT2D eigenvalue weighted by atomic mass is 16.5. The molecule has 5 heteroatoms. The summed E-state index contributed by atoms with van der Waals surface area (Å²) in [7, 11) is 0. The van der Waals surface area contributed by atoms with E-state index < -0.39 is 6.10 Å². The van der Waals surface area contributed by atoms with Gasteiger partial charge in [-0.25, -0.2) is 4.79 Å². The van der Waals surface area contributed by atoms with Crippen molar-refractivity contribution in [2.75, 3.05) is 18.5 Å². The van der Waals surface area contributed by atoms with Crippen molar-refractivity contribution in [3.05, 3.63) is 65.7 Å². The minimum Gasteiger partial charge on any atom is -0.388 e. The van der Waals surface area contributed by atoms with E-state index in [0.717, 1.165) is 11.1 Å². The molecule has 0 aliphatic carbocycles. The second-order valence-corrected chi connectivity index (χ2v) is 5.43. The number of benzene rings is 2. The predicted molar refractivity (Wildman–Crippen MR) is 94.8 cm³/mol. The fraction of sp³-hybridized carbons (Fsp3) is 0.316. The molecule has 0 aliphatic heterocycles. The van der Waals surface area contributed by atoms with Crippen molar-refractivity contribution in [3.8, 4) is 0 Å². The van der Waals surface area contributed by atoms with Crippen LogP contribution in [0.4, 0.5) is 10.5 Å². The van der Waals surface area contributed by atoms with Gasteiger partial charge in [-0.1, -0.05) is 42.5 Å². The van der Waals surface area contributed by atoms with Crippen molar-refractivity contribution in [2.45, 2.75) is 26.1 Å². The molecule has 0 saturated heterocycles. The predicted octanol–water partition coefficient (Wildman–Crippen LogP) is 3.47. The molecule has 0 heterocycles. The summed E-state index contributed by atoms with van der Waals surface area (Å²) in [6, 6.07) is 16.7. The molecule has 0 saturated carbocycles. The number of carbonyl (C=O) groups excluding carboxylic acids is 1. The number of carbonyl (C=O) groups is 1. The lowest BCUT2D eigenvalue weighted by Gasteiger charge is -2.12. The molecule has 1 unspecified atom stereocenters. The van der Waals surface area contributed by atoms with Gasteiger partial charge in [-0.3, -0.25) is 0 Å². The normalized spacial score (nSPS) is 11.8. The first-order chi connectivity index (χ1) is 11.7. The molecule has 128 valence electrons. The maximum atomic E-state index is 11.9. The molecular weight excluding hydrogens is 304 g/mol. The van der Waals surface area contributed by atoms with Crippen LogP contribution in [0, 0.1) is 0 Å². The zero-order valence-electron chi connectivity index (χ0n) is 13.9. The third-order valence-corrected chi connectivity index (χ3v) is 3.55. The van der Waals surface area contributed by atoms with E-state index in [1.54, 1.807) is 0 Å². The van der Waals surface area contributed by atoms with E-state index in [9.17, 15) is 9.90 Å². The van der Waals surface area contributed by atoms with Gasteiger partial charge < -0.3 is 20.5 Å². The molecule has 0 aliphatic rings. The number of anilines is 1. The molecule has 2 amide bonds. The first-order valence-electron chi connectivity index (χ1n) is 8.13. The van der Waals surface area contributed by atoms with E-state index in [4.69, 9.17) is 4.74 Å². The first kappa shape index (κ1) is 18.0. The molecule has 1 atom stereocenters. The second kappa shape index (κ2) is 9.70. The molecule has 2 rings (SSSR count). The summed E-state index contributed by atoms with van der Waals surface area (Å²) in [6.45, 7) is 3.51. The van der Waals surface area contributed by atoms with E-state index in [1.807, 2.05) is 61.5 Å². The monoisotopic (exact) mass is 328 g/mol. The summed E-state index contributed by atoms with van der Waals surface area (Å²) in [6.07, 6.45) is -0.122. The largest absolute Gasteiger partial charge is 0.388 e. The topological polar surface area (TPSA) is 70.6 Å². The van der Waals surface area contributed by atoms with Crippen LogP contribution in [0.1, 0.15) is 30.6 Å². The van der Waals surface area contributed by atoms with Gasteiger partial charge >= 0.3 is 6.03 Å². The lowest BCUT2D eigenvalue weighted by molar-refractivity contribution is 0.134. The Labute approximate surface area is 142 Å². The molecule has 0 spiro atoms. The Kier molecular flexibility index (Phi) is 7.26. The van der Waals surface area contributed by atoms with Crippen molar-refractivity contribution in [1.29, 1.82) is 0 Å². The average molecular weight is 328 g/mol. The SMILES string of the molecule is CCOCc1cccc(NC(=O)NCCC(O)c2ccccc2)c1. The third-order valence-electron chi connectivity index (χ3n) is 3.55. The van der Waals surface area contributed by atoms with Crippen LogP contribution in [-0.4, -0.2) is 24.3 Å². The maximum Gasteiger partial charge on any atom is 0.319 e. The number of urea groups is 1. The number of amides is 2. The van der Waals surface area contributed by atoms with Crippen LogP contribution >= 0.6 is 0 Å². The standard InChI is InChI=1S/C19H24N2O3/c1-2-24-14-15-7-6-10-17(13-15)21-19(23)20-12-11-18(22)16-8-4-3-5-9-16/h3-10,13,18,22H,2,11-12,14H2,1H3,(H2,20,21,23). The van der Waals surface area contributed by atoms with Crippen LogP contribution in [0.2, 0.25) is 0 Å². The maximum absolute atomic E-state index is 11.9. The number of hydrogen-bond donors (Lipinski definition) is 3. The third kappa shape index (κ3) is 6.02. The first-order valence-corrected chi connectivity index (χ1v) is 8.13. The average Bonchev–Trinajstić information content (AvgIpc) is 2.61. The van der Waals surface area contributed by atoms with Crippen molar-refractivity contribution < 1.29 is 14.6 Å². The molecule has 0 aromatic heterocycles. The molecule has 0 bridgehead atoms.